The lowest BCUT2D eigenvalue weighted by Gasteiger charge is -2.28. The van der Waals surface area contributed by atoms with Crippen molar-refractivity contribution in [2.45, 2.75) is 59.1 Å². The molecule has 0 heterocycles. The third-order valence-electron chi connectivity index (χ3n) is 6.36. The summed E-state index contributed by atoms with van der Waals surface area (Å²) in [6.45, 7) is 8.57. The van der Waals surface area contributed by atoms with Gasteiger partial charge in [-0.3, -0.25) is 9.59 Å². The van der Waals surface area contributed by atoms with Gasteiger partial charge in [0.25, 0.3) is 11.8 Å². The number of nitrogens with one attached hydrogen (secondary N) is 2. The number of likely N-dealkylation sites (N-methyl/N-ethyl adjacent to an activating group) is 1. The third-order valence-corrected chi connectivity index (χ3v) is 8.06. The second-order valence-electron chi connectivity index (χ2n) is 10.9. The zero-order chi connectivity index (χ0) is 31.4. The predicted molar refractivity (Wildman–Crippen MR) is 164 cm³/mol. The van der Waals surface area contributed by atoms with E-state index in [-0.39, 0.29) is 41.9 Å². The number of benzene rings is 2. The molecular weight excluding hydrogens is 556 g/mol. The van der Waals surface area contributed by atoms with Crippen LogP contribution in [-0.4, -0.2) is 84.9 Å². The Morgan fingerprint density at radius 2 is 1.62 bits per heavy atom. The van der Waals surface area contributed by atoms with Gasteiger partial charge in [-0.15, -0.1) is 11.3 Å². The number of hydrogen-bond acceptors (Lipinski definition) is 7. The minimum absolute atomic E-state index is 0.0719. The molecule has 0 saturated carbocycles. The number of carbonyl (C=O) groups excluding carboxylic acids is 2. The Labute approximate surface area is 250 Å². The first-order valence-corrected chi connectivity index (χ1v) is 15.8. The third kappa shape index (κ3) is 11.1. The second kappa shape index (κ2) is 16.3. The zero-order valence-electron chi connectivity index (χ0n) is 25.1. The Balaban J connectivity index is 2.34. The van der Waals surface area contributed by atoms with E-state index in [0.29, 0.717) is 24.2 Å². The minimum atomic E-state index is -3.62. The van der Waals surface area contributed by atoms with Crippen molar-refractivity contribution in [2.75, 3.05) is 32.4 Å². The molecule has 42 heavy (non-hydrogen) atoms. The van der Waals surface area contributed by atoms with Crippen molar-refractivity contribution >= 4 is 21.8 Å². The van der Waals surface area contributed by atoms with Crippen molar-refractivity contribution in [2.24, 2.45) is 5.92 Å². The summed E-state index contributed by atoms with van der Waals surface area (Å²) in [4.78, 5) is 31.0. The molecule has 2 amide bonds. The molecule has 2 atom stereocenters. The van der Waals surface area contributed by atoms with E-state index in [1.165, 1.54) is 36.3 Å². The fourth-order valence-electron chi connectivity index (χ4n) is 4.58. The molecule has 0 saturated heterocycles. The van der Waals surface area contributed by atoms with Gasteiger partial charge in [0.05, 0.1) is 17.9 Å². The fourth-order valence-corrected chi connectivity index (χ4v) is 6.08. The van der Waals surface area contributed by atoms with Crippen molar-refractivity contribution in [1.82, 2.24) is 20.1 Å². The summed E-state index contributed by atoms with van der Waals surface area (Å²) >= 11 is 0. The number of amides is 2. The smallest absolute Gasteiger partial charge is 0.253 e. The van der Waals surface area contributed by atoms with E-state index >= 15 is 0 Å². The molecule has 4 N–H and O–H groups in total. The number of phenolic OH excluding ortho intramolecular Hbond substituents is 1. The van der Waals surface area contributed by atoms with Crippen molar-refractivity contribution < 1.29 is 28.2 Å². The number of terminal acetylenes is 1. The number of aliphatic hydroxyl groups excluding tert-OH is 1. The van der Waals surface area contributed by atoms with Crippen LogP contribution in [0.3, 0.4) is 0 Å². The number of aliphatic hydroxyl groups is 1. The summed E-state index contributed by atoms with van der Waals surface area (Å²) in [6.07, 6.45) is 6.20. The van der Waals surface area contributed by atoms with E-state index in [1.807, 2.05) is 13.8 Å². The van der Waals surface area contributed by atoms with Crippen LogP contribution in [0.15, 0.2) is 42.5 Å². The topological polar surface area (TPSA) is 139 Å². The molecule has 0 aromatic heterocycles. The molecule has 0 aliphatic carbocycles. The monoisotopic (exact) mass is 600 g/mol. The largest absolute Gasteiger partial charge is 0.508 e. The first-order chi connectivity index (χ1) is 19.8. The van der Waals surface area contributed by atoms with Gasteiger partial charge in [0.1, 0.15) is 5.75 Å². The van der Waals surface area contributed by atoms with Gasteiger partial charge in [-0.2, -0.15) is 0 Å². The van der Waals surface area contributed by atoms with Crippen LogP contribution < -0.4 is 10.1 Å². The lowest BCUT2D eigenvalue weighted by molar-refractivity contribution is 0.0687. The van der Waals surface area contributed by atoms with Crippen LogP contribution in [0.2, 0.25) is 0 Å². The quantitative estimate of drug-likeness (QED) is 0.172. The SMILES string of the molecule is C#Cc1cc(C(=O)NC(Cc2ccc(O)cc2)C(O)CN(C)NS(=O)(=O)CC(C)C)cc(C(=O)N(CCC)CCC)c1. The van der Waals surface area contributed by atoms with Crippen LogP contribution in [0.4, 0.5) is 0 Å². The molecule has 0 aliphatic heterocycles. The Morgan fingerprint density at radius 3 is 2.17 bits per heavy atom. The number of aromatic hydroxyl groups is 1. The molecular formula is C31H44N4O6S. The maximum atomic E-state index is 13.5. The Morgan fingerprint density at radius 1 is 1.02 bits per heavy atom. The molecule has 2 aromatic carbocycles. The molecule has 2 aromatic rings. The average molecular weight is 601 g/mol. The lowest BCUT2D eigenvalue weighted by Crippen LogP contribution is -2.52. The number of hydrogen-bond donors (Lipinski definition) is 4. The van der Waals surface area contributed by atoms with Crippen molar-refractivity contribution in [3.05, 3.63) is 64.7 Å². The van der Waals surface area contributed by atoms with Crippen LogP contribution in [0, 0.1) is 18.3 Å². The molecule has 11 heteroatoms. The van der Waals surface area contributed by atoms with Crippen LogP contribution in [0.25, 0.3) is 0 Å². The molecule has 0 radical (unpaired) electrons. The number of nitrogens with zero attached hydrogens (tertiary/aromatic N) is 2. The minimum Gasteiger partial charge on any atom is -0.508 e. The summed E-state index contributed by atoms with van der Waals surface area (Å²) in [5.41, 5.74) is 1.56. The first kappa shape index (κ1) is 34.8. The Kier molecular flexibility index (Phi) is 13.5. The molecule has 0 fully saturated rings. The summed E-state index contributed by atoms with van der Waals surface area (Å²) in [5, 5.41) is 25.0. The number of sulfonamides is 1. The van der Waals surface area contributed by atoms with Gasteiger partial charge in [-0.25, -0.2) is 13.4 Å². The molecule has 0 bridgehead atoms. The highest BCUT2D eigenvalue weighted by atomic mass is 32.2. The van der Waals surface area contributed by atoms with Gasteiger partial charge in [-0.05, 0) is 61.1 Å². The highest BCUT2D eigenvalue weighted by Crippen LogP contribution is 2.16. The van der Waals surface area contributed by atoms with E-state index in [1.54, 1.807) is 36.9 Å². The van der Waals surface area contributed by atoms with Crippen molar-refractivity contribution in [3.8, 4) is 18.1 Å². The molecule has 2 rings (SSSR count). The van der Waals surface area contributed by atoms with Gasteiger partial charge in [-0.1, -0.05) is 45.7 Å². The second-order valence-corrected chi connectivity index (χ2v) is 12.6. The summed E-state index contributed by atoms with van der Waals surface area (Å²) in [7, 11) is -2.13. The fraction of sp³-hybridized carbons (Fsp3) is 0.484. The van der Waals surface area contributed by atoms with Gasteiger partial charge < -0.3 is 20.4 Å². The van der Waals surface area contributed by atoms with Crippen LogP contribution in [-0.2, 0) is 16.4 Å². The lowest BCUT2D eigenvalue weighted by atomic mass is 9.99. The first-order valence-electron chi connectivity index (χ1n) is 14.2. The molecule has 10 nitrogen and oxygen atoms in total. The Hall–Kier alpha value is -3.43. The zero-order valence-corrected chi connectivity index (χ0v) is 25.9. The Bertz CT molecular complexity index is 1330. The van der Waals surface area contributed by atoms with Crippen molar-refractivity contribution in [1.29, 1.82) is 0 Å². The van der Waals surface area contributed by atoms with Crippen LogP contribution in [0.5, 0.6) is 5.75 Å². The van der Waals surface area contributed by atoms with E-state index in [0.717, 1.165) is 18.4 Å². The van der Waals surface area contributed by atoms with Crippen LogP contribution >= 0.6 is 0 Å². The predicted octanol–water partition coefficient (Wildman–Crippen LogP) is 2.76. The van der Waals surface area contributed by atoms with Gasteiger partial charge in [0.15, 0.2) is 0 Å². The summed E-state index contributed by atoms with van der Waals surface area (Å²) in [6, 6.07) is 10.1. The highest BCUT2D eigenvalue weighted by molar-refractivity contribution is 7.89. The highest BCUT2D eigenvalue weighted by Gasteiger charge is 2.26. The summed E-state index contributed by atoms with van der Waals surface area (Å²) < 4.78 is 24.8. The standard InChI is InChI=1S/C31H44N4O6S/c1-7-14-35(15-8-2)31(39)26-17-23(9-3)16-25(19-26)30(38)32-28(18-24-10-12-27(36)13-11-24)29(37)20-34(6)33-42(40,41)21-22(4)5/h3,10-13,16-17,19,22,28-29,33,36-37H,7-8,14-15,18,20-21H2,1-2,4-6H3,(H,32,38). The van der Waals surface area contributed by atoms with E-state index in [9.17, 15) is 28.2 Å². The van der Waals surface area contributed by atoms with Gasteiger partial charge in [0.2, 0.25) is 10.0 Å². The summed E-state index contributed by atoms with van der Waals surface area (Å²) in [5.74, 6) is 1.64. The molecule has 2 unspecified atom stereocenters. The number of phenols is 1. The molecule has 0 spiro atoms. The normalized spacial score (nSPS) is 13.0. The van der Waals surface area contributed by atoms with E-state index in [2.05, 4.69) is 16.1 Å². The van der Waals surface area contributed by atoms with Crippen LogP contribution in [0.1, 0.15) is 72.4 Å². The maximum absolute atomic E-state index is 13.5. The number of rotatable bonds is 16. The maximum Gasteiger partial charge on any atom is 0.253 e. The molecule has 0 aliphatic rings. The number of carbonyl (C=O) groups is 2. The van der Waals surface area contributed by atoms with Gasteiger partial charge >= 0.3 is 0 Å². The molecule has 230 valence electrons. The van der Waals surface area contributed by atoms with Gasteiger partial charge in [0, 0.05) is 43.4 Å². The average Bonchev–Trinajstić information content (AvgIpc) is 2.91. The number of hydrazine groups is 1. The van der Waals surface area contributed by atoms with E-state index in [4.69, 9.17) is 6.42 Å². The van der Waals surface area contributed by atoms with Crippen molar-refractivity contribution in [3.63, 3.8) is 0 Å². The van der Waals surface area contributed by atoms with E-state index < -0.39 is 28.1 Å².